The van der Waals surface area contributed by atoms with Gasteiger partial charge in [0.05, 0.1) is 6.20 Å². The summed E-state index contributed by atoms with van der Waals surface area (Å²) < 4.78 is 29.6. The zero-order valence-corrected chi connectivity index (χ0v) is 12.8. The van der Waals surface area contributed by atoms with Crippen LogP contribution in [-0.4, -0.2) is 30.3 Å². The molecule has 3 saturated carbocycles. The van der Waals surface area contributed by atoms with Gasteiger partial charge in [-0.15, -0.1) is 0 Å². The first kappa shape index (κ1) is 13.7. The quantitative estimate of drug-likeness (QED) is 0.843. The summed E-state index contributed by atoms with van der Waals surface area (Å²) in [5.74, 6) is 0.677. The minimum atomic E-state index is -3.47. The molecule has 1 aromatic rings. The predicted molar refractivity (Wildman–Crippen MR) is 77.9 cm³/mol. The monoisotopic (exact) mass is 310 g/mol. The molecule has 0 bridgehead atoms. The molecule has 0 aliphatic heterocycles. The molecule has 3 aliphatic carbocycles. The van der Waals surface area contributed by atoms with E-state index in [2.05, 4.69) is 9.82 Å². The lowest BCUT2D eigenvalue weighted by Gasteiger charge is -2.60. The second-order valence-electron chi connectivity index (χ2n) is 6.94. The Morgan fingerprint density at radius 3 is 2.76 bits per heavy atom. The van der Waals surface area contributed by atoms with Gasteiger partial charge in [0.2, 0.25) is 10.0 Å². The Morgan fingerprint density at radius 2 is 2.19 bits per heavy atom. The fourth-order valence-corrected chi connectivity index (χ4v) is 4.98. The average molecular weight is 310 g/mol. The number of hydrogen-bond acceptors (Lipinski definition) is 4. The lowest BCUT2D eigenvalue weighted by molar-refractivity contribution is -0.0321. The van der Waals surface area contributed by atoms with E-state index in [4.69, 9.17) is 5.73 Å². The van der Waals surface area contributed by atoms with E-state index in [1.807, 2.05) is 0 Å². The van der Waals surface area contributed by atoms with E-state index in [1.165, 1.54) is 19.0 Å². The van der Waals surface area contributed by atoms with Crippen LogP contribution in [0.3, 0.4) is 0 Å². The topological polar surface area (TPSA) is 90.0 Å². The molecule has 0 aromatic carbocycles. The minimum Gasteiger partial charge on any atom is -0.327 e. The number of nitrogens with zero attached hydrogens (tertiary/aromatic N) is 2. The Bertz CT molecular complexity index is 646. The molecule has 3 fully saturated rings. The van der Waals surface area contributed by atoms with Crippen molar-refractivity contribution >= 4 is 10.0 Å². The van der Waals surface area contributed by atoms with Crippen LogP contribution in [0.5, 0.6) is 0 Å². The standard InChI is InChI=1S/C14H22N4O2S/c15-12-6-13(14(12)4-1-5-14)17-21(19,20)11-7-16-18(9-11)8-10-2-3-10/h7,9-10,12-13,17H,1-6,8,15H2. The van der Waals surface area contributed by atoms with Crippen molar-refractivity contribution in [2.45, 2.75) is 62.0 Å². The van der Waals surface area contributed by atoms with Gasteiger partial charge in [0, 0.05) is 30.2 Å². The molecule has 1 heterocycles. The molecule has 0 amide bonds. The zero-order valence-electron chi connectivity index (χ0n) is 12.0. The van der Waals surface area contributed by atoms with Crippen molar-refractivity contribution in [1.29, 1.82) is 0 Å². The number of nitrogens with two attached hydrogens (primary N) is 1. The third-order valence-corrected chi connectivity index (χ3v) is 6.99. The van der Waals surface area contributed by atoms with Crippen molar-refractivity contribution in [3.8, 4) is 0 Å². The smallest absolute Gasteiger partial charge is 0.243 e. The molecule has 0 saturated heterocycles. The van der Waals surface area contributed by atoms with Gasteiger partial charge in [0.1, 0.15) is 4.90 Å². The number of nitrogens with one attached hydrogen (secondary N) is 1. The van der Waals surface area contributed by atoms with Crippen LogP contribution >= 0.6 is 0 Å². The van der Waals surface area contributed by atoms with Crippen LogP contribution in [0.4, 0.5) is 0 Å². The maximum Gasteiger partial charge on any atom is 0.243 e. The first-order valence-corrected chi connectivity index (χ1v) is 9.28. The van der Waals surface area contributed by atoms with E-state index in [-0.39, 0.29) is 22.4 Å². The molecule has 21 heavy (non-hydrogen) atoms. The Hall–Kier alpha value is -0.920. The Morgan fingerprint density at radius 1 is 1.43 bits per heavy atom. The van der Waals surface area contributed by atoms with Crippen molar-refractivity contribution in [2.24, 2.45) is 17.1 Å². The van der Waals surface area contributed by atoms with Crippen molar-refractivity contribution in [3.63, 3.8) is 0 Å². The Labute approximate surface area is 125 Å². The van der Waals surface area contributed by atoms with E-state index in [9.17, 15) is 8.42 Å². The largest absolute Gasteiger partial charge is 0.327 e. The van der Waals surface area contributed by atoms with Gasteiger partial charge in [-0.1, -0.05) is 6.42 Å². The summed E-state index contributed by atoms with van der Waals surface area (Å²) in [4.78, 5) is 0.276. The van der Waals surface area contributed by atoms with Crippen LogP contribution in [0.2, 0.25) is 0 Å². The minimum absolute atomic E-state index is 0.00182. The fourth-order valence-electron chi connectivity index (χ4n) is 3.69. The van der Waals surface area contributed by atoms with Gasteiger partial charge in [-0.05, 0) is 38.0 Å². The molecule has 4 rings (SSSR count). The molecule has 1 aromatic heterocycles. The Balaban J connectivity index is 1.47. The molecular formula is C14H22N4O2S. The van der Waals surface area contributed by atoms with Crippen molar-refractivity contribution in [3.05, 3.63) is 12.4 Å². The van der Waals surface area contributed by atoms with E-state index in [0.29, 0.717) is 5.92 Å². The van der Waals surface area contributed by atoms with Crippen LogP contribution in [0.15, 0.2) is 17.3 Å². The lowest BCUT2D eigenvalue weighted by Crippen LogP contribution is -2.69. The first-order chi connectivity index (χ1) is 9.99. The SMILES string of the molecule is NC1CC(NS(=O)(=O)c2cnn(CC3CC3)c2)C12CCC2. The second kappa shape index (κ2) is 4.54. The molecule has 0 radical (unpaired) electrons. The molecule has 1 spiro atoms. The van der Waals surface area contributed by atoms with Gasteiger partial charge in [-0.3, -0.25) is 4.68 Å². The van der Waals surface area contributed by atoms with Gasteiger partial charge < -0.3 is 5.73 Å². The van der Waals surface area contributed by atoms with E-state index in [0.717, 1.165) is 32.2 Å². The van der Waals surface area contributed by atoms with Crippen LogP contribution in [-0.2, 0) is 16.6 Å². The van der Waals surface area contributed by atoms with Gasteiger partial charge in [-0.25, -0.2) is 13.1 Å². The number of rotatable bonds is 5. The van der Waals surface area contributed by atoms with Crippen LogP contribution < -0.4 is 10.5 Å². The van der Waals surface area contributed by atoms with Crippen molar-refractivity contribution < 1.29 is 8.42 Å². The highest BCUT2D eigenvalue weighted by molar-refractivity contribution is 7.89. The molecule has 7 heteroatoms. The summed E-state index contributed by atoms with van der Waals surface area (Å²) in [7, 11) is -3.47. The lowest BCUT2D eigenvalue weighted by atomic mass is 9.50. The Kier molecular flexibility index (Phi) is 2.96. The molecule has 3 N–H and O–H groups in total. The first-order valence-electron chi connectivity index (χ1n) is 7.80. The highest BCUT2D eigenvalue weighted by atomic mass is 32.2. The van der Waals surface area contributed by atoms with Crippen LogP contribution in [0.1, 0.15) is 38.5 Å². The van der Waals surface area contributed by atoms with Crippen LogP contribution in [0.25, 0.3) is 0 Å². The highest BCUT2D eigenvalue weighted by Crippen LogP contribution is 2.55. The normalized spacial score (nSPS) is 30.9. The zero-order chi connectivity index (χ0) is 14.7. The molecular weight excluding hydrogens is 288 g/mol. The molecule has 116 valence electrons. The van der Waals surface area contributed by atoms with Gasteiger partial charge in [0.25, 0.3) is 0 Å². The second-order valence-corrected chi connectivity index (χ2v) is 8.66. The van der Waals surface area contributed by atoms with Crippen LogP contribution in [0, 0.1) is 11.3 Å². The summed E-state index contributed by atoms with van der Waals surface area (Å²) in [6, 6.07) is 0.148. The van der Waals surface area contributed by atoms with E-state index >= 15 is 0 Å². The highest BCUT2D eigenvalue weighted by Gasteiger charge is 2.57. The average Bonchev–Trinajstić information content (AvgIpc) is 3.01. The van der Waals surface area contributed by atoms with Gasteiger partial charge >= 0.3 is 0 Å². The summed E-state index contributed by atoms with van der Waals surface area (Å²) in [5.41, 5.74) is 6.11. The molecule has 6 nitrogen and oxygen atoms in total. The number of hydrogen-bond donors (Lipinski definition) is 2. The van der Waals surface area contributed by atoms with E-state index < -0.39 is 10.0 Å². The van der Waals surface area contributed by atoms with Gasteiger partial charge in [-0.2, -0.15) is 5.10 Å². The molecule has 2 atom stereocenters. The maximum absolute atomic E-state index is 12.5. The number of sulfonamides is 1. The summed E-state index contributed by atoms with van der Waals surface area (Å²) in [5, 5.41) is 4.17. The third-order valence-electron chi connectivity index (χ3n) is 5.57. The third kappa shape index (κ3) is 2.22. The maximum atomic E-state index is 12.5. The number of aromatic nitrogens is 2. The summed E-state index contributed by atoms with van der Waals surface area (Å²) in [6.07, 6.45) is 9.54. The van der Waals surface area contributed by atoms with E-state index in [1.54, 1.807) is 10.9 Å². The van der Waals surface area contributed by atoms with Crippen molar-refractivity contribution in [2.75, 3.05) is 0 Å². The van der Waals surface area contributed by atoms with Crippen molar-refractivity contribution in [1.82, 2.24) is 14.5 Å². The van der Waals surface area contributed by atoms with Gasteiger partial charge in [0.15, 0.2) is 0 Å². The fraction of sp³-hybridized carbons (Fsp3) is 0.786. The molecule has 2 unspecified atom stereocenters. The summed E-state index contributed by atoms with van der Waals surface area (Å²) >= 11 is 0. The molecule has 3 aliphatic rings. The summed E-state index contributed by atoms with van der Waals surface area (Å²) in [6.45, 7) is 0.827. The predicted octanol–water partition coefficient (Wildman–Crippen LogP) is 0.841.